The van der Waals surface area contributed by atoms with Gasteiger partial charge in [-0.3, -0.25) is 4.79 Å². The van der Waals surface area contributed by atoms with Gasteiger partial charge in [0.05, 0.1) is 13.2 Å². The molecular formula is C14H19NO3. The lowest BCUT2D eigenvalue weighted by Gasteiger charge is -2.22. The number of benzene rings is 1. The zero-order chi connectivity index (χ0) is 13.0. The van der Waals surface area contributed by atoms with Gasteiger partial charge in [0.1, 0.15) is 0 Å². The van der Waals surface area contributed by atoms with E-state index in [4.69, 9.17) is 0 Å². The molecule has 1 heterocycles. The molecule has 98 valence electrons. The number of ether oxygens (including phenoxy) is 1. The predicted octanol–water partition coefficient (Wildman–Crippen LogP) is 1.36. The monoisotopic (exact) mass is 249 g/mol. The Morgan fingerprint density at radius 1 is 1.50 bits per heavy atom. The van der Waals surface area contributed by atoms with Crippen LogP contribution >= 0.6 is 0 Å². The molecule has 1 unspecified atom stereocenters. The molecule has 4 heteroatoms. The molecule has 1 atom stereocenters. The molecule has 0 saturated carbocycles. The Morgan fingerprint density at radius 3 is 3.06 bits per heavy atom. The zero-order valence-corrected chi connectivity index (χ0v) is 10.6. The number of aliphatic hydroxyl groups is 1. The summed E-state index contributed by atoms with van der Waals surface area (Å²) in [6, 6.07) is 8.25. The summed E-state index contributed by atoms with van der Waals surface area (Å²) < 4.78 is 4.56. The van der Waals surface area contributed by atoms with Crippen LogP contribution in [0.3, 0.4) is 0 Å². The Balaban J connectivity index is 1.86. The number of esters is 1. The van der Waals surface area contributed by atoms with E-state index in [-0.39, 0.29) is 12.4 Å². The summed E-state index contributed by atoms with van der Waals surface area (Å²) in [5.41, 5.74) is 2.53. The maximum Gasteiger partial charge on any atom is 0.305 e. The van der Waals surface area contributed by atoms with Crippen molar-refractivity contribution in [1.29, 1.82) is 0 Å². The second-order valence-electron chi connectivity index (χ2n) is 4.59. The number of para-hydroxylation sites is 1. The number of nitrogens with zero attached hydrogens (tertiary/aromatic N) is 1. The van der Waals surface area contributed by atoms with Gasteiger partial charge >= 0.3 is 5.97 Å². The maximum atomic E-state index is 11.0. The minimum atomic E-state index is -0.491. The molecule has 0 fully saturated rings. The fourth-order valence-electron chi connectivity index (χ4n) is 2.33. The summed E-state index contributed by atoms with van der Waals surface area (Å²) in [4.78, 5) is 13.2. The fraction of sp³-hybridized carbons (Fsp3) is 0.500. The summed E-state index contributed by atoms with van der Waals surface area (Å²) in [6.07, 6.45) is 1.26. The SMILES string of the molecule is COC(=O)CCC(O)CN1CCc2ccccc21. The van der Waals surface area contributed by atoms with Crippen LogP contribution in [0.25, 0.3) is 0 Å². The van der Waals surface area contributed by atoms with E-state index in [1.165, 1.54) is 18.4 Å². The Kier molecular flexibility index (Phi) is 4.20. The molecule has 18 heavy (non-hydrogen) atoms. The molecular weight excluding hydrogens is 230 g/mol. The Labute approximate surface area is 107 Å². The Hall–Kier alpha value is -1.55. The first-order chi connectivity index (χ1) is 8.70. The average molecular weight is 249 g/mol. The quantitative estimate of drug-likeness (QED) is 0.801. The number of carbonyl (C=O) groups is 1. The minimum absolute atomic E-state index is 0.268. The minimum Gasteiger partial charge on any atom is -0.469 e. The van der Waals surface area contributed by atoms with Crippen molar-refractivity contribution >= 4 is 11.7 Å². The summed E-state index contributed by atoms with van der Waals surface area (Å²) in [7, 11) is 1.37. The molecule has 0 amide bonds. The fourth-order valence-corrected chi connectivity index (χ4v) is 2.33. The summed E-state index contributed by atoms with van der Waals surface area (Å²) in [5, 5.41) is 9.93. The van der Waals surface area contributed by atoms with Crippen molar-refractivity contribution in [2.24, 2.45) is 0 Å². The van der Waals surface area contributed by atoms with Gasteiger partial charge in [-0.2, -0.15) is 0 Å². The largest absolute Gasteiger partial charge is 0.469 e. The highest BCUT2D eigenvalue weighted by Crippen LogP contribution is 2.27. The lowest BCUT2D eigenvalue weighted by molar-refractivity contribution is -0.141. The average Bonchev–Trinajstić information content (AvgIpc) is 2.79. The van der Waals surface area contributed by atoms with Crippen LogP contribution in [0, 0.1) is 0 Å². The first kappa shape index (κ1) is 12.9. The number of fused-ring (bicyclic) bond motifs is 1. The van der Waals surface area contributed by atoms with Crippen LogP contribution in [0.5, 0.6) is 0 Å². The second-order valence-corrected chi connectivity index (χ2v) is 4.59. The van der Waals surface area contributed by atoms with Gasteiger partial charge in [-0.25, -0.2) is 0 Å². The second kappa shape index (κ2) is 5.87. The van der Waals surface area contributed by atoms with Crippen molar-refractivity contribution in [1.82, 2.24) is 0 Å². The van der Waals surface area contributed by atoms with Gasteiger partial charge < -0.3 is 14.7 Å². The van der Waals surface area contributed by atoms with Gasteiger partial charge in [0.25, 0.3) is 0 Å². The van der Waals surface area contributed by atoms with E-state index in [9.17, 15) is 9.90 Å². The van der Waals surface area contributed by atoms with Gasteiger partial charge in [-0.1, -0.05) is 18.2 Å². The number of methoxy groups -OCH3 is 1. The highest BCUT2D eigenvalue weighted by atomic mass is 16.5. The van der Waals surface area contributed by atoms with E-state index < -0.39 is 6.10 Å². The number of rotatable bonds is 5. The first-order valence-electron chi connectivity index (χ1n) is 6.28. The zero-order valence-electron chi connectivity index (χ0n) is 10.6. The summed E-state index contributed by atoms with van der Waals surface area (Å²) in [5.74, 6) is -0.268. The highest BCUT2D eigenvalue weighted by Gasteiger charge is 2.20. The normalized spacial score (nSPS) is 15.3. The molecule has 1 N–H and O–H groups in total. The molecule has 0 spiro atoms. The van der Waals surface area contributed by atoms with Crippen LogP contribution < -0.4 is 4.90 Å². The van der Waals surface area contributed by atoms with Gasteiger partial charge in [-0.15, -0.1) is 0 Å². The maximum absolute atomic E-state index is 11.0. The molecule has 1 aromatic carbocycles. The smallest absolute Gasteiger partial charge is 0.305 e. The van der Waals surface area contributed by atoms with Gasteiger partial charge in [0, 0.05) is 25.2 Å². The Bertz CT molecular complexity index is 419. The molecule has 0 radical (unpaired) electrons. The number of β-amino-alcohol motifs (C(OH)–C–C–N with tert-alkyl or cyclic N) is 1. The van der Waals surface area contributed by atoms with Gasteiger partial charge in [0.15, 0.2) is 0 Å². The lowest BCUT2D eigenvalue weighted by Crippen LogP contribution is -2.31. The molecule has 2 rings (SSSR count). The lowest BCUT2D eigenvalue weighted by atomic mass is 10.1. The number of carbonyl (C=O) groups excluding carboxylic acids is 1. The van der Waals surface area contributed by atoms with E-state index in [1.807, 2.05) is 12.1 Å². The third-order valence-corrected chi connectivity index (χ3v) is 3.32. The predicted molar refractivity (Wildman–Crippen MR) is 69.6 cm³/mol. The van der Waals surface area contributed by atoms with Crippen LogP contribution in [-0.2, 0) is 16.0 Å². The van der Waals surface area contributed by atoms with Crippen molar-refractivity contribution in [3.05, 3.63) is 29.8 Å². The van der Waals surface area contributed by atoms with Crippen LogP contribution in [0.1, 0.15) is 18.4 Å². The van der Waals surface area contributed by atoms with Crippen LogP contribution in [0.2, 0.25) is 0 Å². The standard InChI is InChI=1S/C14H19NO3/c1-18-14(17)7-6-12(16)10-15-9-8-11-4-2-3-5-13(11)15/h2-5,12,16H,6-10H2,1H3. The van der Waals surface area contributed by atoms with Gasteiger partial charge in [0.2, 0.25) is 0 Å². The number of aliphatic hydroxyl groups excluding tert-OH is 1. The number of hydrogen-bond acceptors (Lipinski definition) is 4. The number of hydrogen-bond donors (Lipinski definition) is 1. The summed E-state index contributed by atoms with van der Waals surface area (Å²) >= 11 is 0. The van der Waals surface area contributed by atoms with Crippen molar-refractivity contribution in [2.45, 2.75) is 25.4 Å². The molecule has 4 nitrogen and oxygen atoms in total. The van der Waals surface area contributed by atoms with Crippen molar-refractivity contribution in [3.8, 4) is 0 Å². The molecule has 0 saturated heterocycles. The molecule has 1 aliphatic rings. The van der Waals surface area contributed by atoms with E-state index in [1.54, 1.807) is 0 Å². The van der Waals surface area contributed by atoms with E-state index in [0.29, 0.717) is 13.0 Å². The van der Waals surface area contributed by atoms with Crippen molar-refractivity contribution < 1.29 is 14.6 Å². The third-order valence-electron chi connectivity index (χ3n) is 3.32. The van der Waals surface area contributed by atoms with Crippen LogP contribution in [-0.4, -0.2) is 37.4 Å². The van der Waals surface area contributed by atoms with Crippen LogP contribution in [0.4, 0.5) is 5.69 Å². The highest BCUT2D eigenvalue weighted by molar-refractivity contribution is 5.69. The molecule has 0 bridgehead atoms. The van der Waals surface area contributed by atoms with Crippen molar-refractivity contribution in [3.63, 3.8) is 0 Å². The van der Waals surface area contributed by atoms with E-state index in [2.05, 4.69) is 21.8 Å². The van der Waals surface area contributed by atoms with E-state index in [0.717, 1.165) is 13.0 Å². The Morgan fingerprint density at radius 2 is 2.28 bits per heavy atom. The molecule has 1 aromatic rings. The number of anilines is 1. The van der Waals surface area contributed by atoms with Crippen molar-refractivity contribution in [2.75, 3.05) is 25.1 Å². The topological polar surface area (TPSA) is 49.8 Å². The van der Waals surface area contributed by atoms with Gasteiger partial charge in [-0.05, 0) is 24.5 Å². The van der Waals surface area contributed by atoms with Crippen LogP contribution in [0.15, 0.2) is 24.3 Å². The van der Waals surface area contributed by atoms with E-state index >= 15 is 0 Å². The first-order valence-corrected chi connectivity index (χ1v) is 6.28. The molecule has 0 aliphatic carbocycles. The molecule has 0 aromatic heterocycles. The molecule has 1 aliphatic heterocycles. The summed E-state index contributed by atoms with van der Waals surface area (Å²) in [6.45, 7) is 1.52. The third kappa shape index (κ3) is 3.01.